The molecule has 2 N–H and O–H groups in total. The molecule has 5 nitrogen and oxygen atoms in total. The number of benzene rings is 1. The molecule has 3 rings (SSSR count). The summed E-state index contributed by atoms with van der Waals surface area (Å²) in [5.41, 5.74) is 1.19. The third-order valence-corrected chi connectivity index (χ3v) is 4.46. The molecular weight excluding hydrogens is 324 g/mol. The second-order valence-corrected chi connectivity index (χ2v) is 6.41. The van der Waals surface area contributed by atoms with Crippen molar-refractivity contribution in [2.45, 2.75) is 25.5 Å². The first-order valence-electron chi connectivity index (χ1n) is 7.67. The van der Waals surface area contributed by atoms with Gasteiger partial charge in [0.05, 0.1) is 12.4 Å². The molecule has 2 unspecified atom stereocenters. The quantitative estimate of drug-likeness (QED) is 0.717. The number of hydrogen-bond donors (Lipinski definition) is 2. The first-order chi connectivity index (χ1) is 11.6. The fourth-order valence-corrected chi connectivity index (χ4v) is 3.16. The van der Waals surface area contributed by atoms with Gasteiger partial charge < -0.3 is 14.8 Å². The number of carbonyl (C=O) groups excluding carboxylic acids is 1. The van der Waals surface area contributed by atoms with Crippen molar-refractivity contribution in [2.75, 3.05) is 0 Å². The molecule has 6 heteroatoms. The zero-order chi connectivity index (χ0) is 16.9. The number of aromatic nitrogens is 1. The van der Waals surface area contributed by atoms with Crippen molar-refractivity contribution in [1.29, 1.82) is 0 Å². The Kier molecular flexibility index (Phi) is 5.08. The number of nitrogens with one attached hydrogen (secondary N) is 1. The summed E-state index contributed by atoms with van der Waals surface area (Å²) >= 11 is 1.36. The molecule has 2 heterocycles. The Morgan fingerprint density at radius 2 is 2.08 bits per heavy atom. The van der Waals surface area contributed by atoms with Gasteiger partial charge in [0.25, 0.3) is 5.91 Å². The van der Waals surface area contributed by atoms with Crippen molar-refractivity contribution in [3.05, 3.63) is 65.4 Å². The highest BCUT2D eigenvalue weighted by molar-refractivity contribution is 7.13. The molecule has 0 saturated carbocycles. The monoisotopic (exact) mass is 342 g/mol. The minimum Gasteiger partial charge on any atom is -0.462 e. The standard InChI is InChI=1S/C18H18N2O3S/c1-12(10-15(21)13-6-3-2-4-7-13)19-17(22)14-11-24-18(20-14)16-8-5-9-23-16/h2-9,11-12,15,21H,10H2,1H3,(H,19,22). The minimum absolute atomic E-state index is 0.179. The van der Waals surface area contributed by atoms with Crippen molar-refractivity contribution in [3.8, 4) is 10.8 Å². The van der Waals surface area contributed by atoms with Crippen LogP contribution in [0.2, 0.25) is 0 Å². The van der Waals surface area contributed by atoms with E-state index in [1.165, 1.54) is 11.3 Å². The van der Waals surface area contributed by atoms with Crippen LogP contribution in [0.3, 0.4) is 0 Å². The van der Waals surface area contributed by atoms with Gasteiger partial charge in [-0.05, 0) is 31.0 Å². The normalized spacial score (nSPS) is 13.4. The summed E-state index contributed by atoms with van der Waals surface area (Å²) < 4.78 is 5.28. The molecule has 0 fully saturated rings. The lowest BCUT2D eigenvalue weighted by atomic mass is 10.0. The highest BCUT2D eigenvalue weighted by atomic mass is 32.1. The van der Waals surface area contributed by atoms with Gasteiger partial charge in [-0.1, -0.05) is 30.3 Å². The lowest BCUT2D eigenvalue weighted by molar-refractivity contribution is 0.0912. The molecule has 0 saturated heterocycles. The second-order valence-electron chi connectivity index (χ2n) is 5.55. The van der Waals surface area contributed by atoms with Crippen LogP contribution in [0.4, 0.5) is 0 Å². The van der Waals surface area contributed by atoms with Crippen LogP contribution in [0.5, 0.6) is 0 Å². The van der Waals surface area contributed by atoms with E-state index in [-0.39, 0.29) is 11.9 Å². The summed E-state index contributed by atoms with van der Waals surface area (Å²) in [5, 5.41) is 15.5. The maximum Gasteiger partial charge on any atom is 0.270 e. The SMILES string of the molecule is CC(CC(O)c1ccccc1)NC(=O)c1csc(-c2ccco2)n1. The summed E-state index contributed by atoms with van der Waals surface area (Å²) in [4.78, 5) is 16.6. The molecule has 2 atom stereocenters. The fourth-order valence-electron chi connectivity index (χ4n) is 2.39. The molecule has 124 valence electrons. The minimum atomic E-state index is -0.615. The highest BCUT2D eigenvalue weighted by Crippen LogP contribution is 2.24. The second kappa shape index (κ2) is 7.42. The van der Waals surface area contributed by atoms with Crippen molar-refractivity contribution in [2.24, 2.45) is 0 Å². The molecular formula is C18H18N2O3S. The predicted octanol–water partition coefficient (Wildman–Crippen LogP) is 3.65. The van der Waals surface area contributed by atoms with E-state index in [0.29, 0.717) is 22.9 Å². The van der Waals surface area contributed by atoms with Gasteiger partial charge in [-0.25, -0.2) is 4.98 Å². The van der Waals surface area contributed by atoms with Crippen LogP contribution in [0, 0.1) is 0 Å². The van der Waals surface area contributed by atoms with Crippen molar-refractivity contribution >= 4 is 17.2 Å². The van der Waals surface area contributed by atoms with Crippen molar-refractivity contribution in [3.63, 3.8) is 0 Å². The summed E-state index contributed by atoms with van der Waals surface area (Å²) in [6.45, 7) is 1.86. The fraction of sp³-hybridized carbons (Fsp3) is 0.222. The molecule has 0 aliphatic carbocycles. The number of thiazole rings is 1. The lowest BCUT2D eigenvalue weighted by Crippen LogP contribution is -2.34. The zero-order valence-corrected chi connectivity index (χ0v) is 14.0. The van der Waals surface area contributed by atoms with Gasteiger partial charge in [0.2, 0.25) is 0 Å². The van der Waals surface area contributed by atoms with Gasteiger partial charge in [-0.2, -0.15) is 0 Å². The van der Waals surface area contributed by atoms with E-state index >= 15 is 0 Å². The predicted molar refractivity (Wildman–Crippen MR) is 92.8 cm³/mol. The van der Waals surface area contributed by atoms with Crippen molar-refractivity contribution < 1.29 is 14.3 Å². The Bertz CT molecular complexity index is 784. The molecule has 24 heavy (non-hydrogen) atoms. The van der Waals surface area contributed by atoms with E-state index in [0.717, 1.165) is 5.56 Å². The molecule has 0 aliphatic heterocycles. The number of amides is 1. The number of hydrogen-bond acceptors (Lipinski definition) is 5. The van der Waals surface area contributed by atoms with E-state index in [1.54, 1.807) is 23.8 Å². The average molecular weight is 342 g/mol. The van der Waals surface area contributed by atoms with Gasteiger partial charge in [-0.3, -0.25) is 4.79 Å². The number of rotatable bonds is 6. The topological polar surface area (TPSA) is 75.4 Å². The van der Waals surface area contributed by atoms with E-state index in [4.69, 9.17) is 4.42 Å². The van der Waals surface area contributed by atoms with Crippen LogP contribution < -0.4 is 5.32 Å². The Hall–Kier alpha value is -2.44. The van der Waals surface area contributed by atoms with Crippen LogP contribution in [0.15, 0.2) is 58.5 Å². The Morgan fingerprint density at radius 1 is 1.29 bits per heavy atom. The van der Waals surface area contributed by atoms with E-state index < -0.39 is 6.10 Å². The third kappa shape index (κ3) is 3.90. The maximum atomic E-state index is 12.3. The summed E-state index contributed by atoms with van der Waals surface area (Å²) in [7, 11) is 0. The van der Waals surface area contributed by atoms with E-state index in [1.807, 2.05) is 37.3 Å². The average Bonchev–Trinajstić information content (AvgIpc) is 3.26. The Balaban J connectivity index is 1.58. The zero-order valence-electron chi connectivity index (χ0n) is 13.2. The number of aliphatic hydroxyl groups excluding tert-OH is 1. The van der Waals surface area contributed by atoms with Crippen LogP contribution in [-0.4, -0.2) is 22.0 Å². The van der Waals surface area contributed by atoms with E-state index in [2.05, 4.69) is 10.3 Å². The Labute approximate surface area is 144 Å². The molecule has 0 aliphatic rings. The van der Waals surface area contributed by atoms with E-state index in [9.17, 15) is 9.90 Å². The number of aliphatic hydroxyl groups is 1. The maximum absolute atomic E-state index is 12.3. The number of carbonyl (C=O) groups is 1. The molecule has 0 bridgehead atoms. The first kappa shape index (κ1) is 16.4. The van der Waals surface area contributed by atoms with Crippen LogP contribution in [0.1, 0.15) is 35.5 Å². The molecule has 0 radical (unpaired) electrons. The molecule has 1 aromatic carbocycles. The van der Waals surface area contributed by atoms with Gasteiger partial charge in [0.15, 0.2) is 10.8 Å². The van der Waals surface area contributed by atoms with Crippen LogP contribution >= 0.6 is 11.3 Å². The van der Waals surface area contributed by atoms with Gasteiger partial charge >= 0.3 is 0 Å². The van der Waals surface area contributed by atoms with Crippen LogP contribution in [0.25, 0.3) is 10.8 Å². The summed E-state index contributed by atoms with van der Waals surface area (Å²) in [5.74, 6) is 0.392. The smallest absolute Gasteiger partial charge is 0.270 e. The molecule has 2 aromatic heterocycles. The van der Waals surface area contributed by atoms with Gasteiger partial charge in [-0.15, -0.1) is 11.3 Å². The third-order valence-electron chi connectivity index (χ3n) is 3.61. The number of nitrogens with zero attached hydrogens (tertiary/aromatic N) is 1. The molecule has 0 spiro atoms. The summed E-state index contributed by atoms with van der Waals surface area (Å²) in [6.07, 6.45) is 1.39. The molecule has 1 amide bonds. The highest BCUT2D eigenvalue weighted by Gasteiger charge is 2.18. The Morgan fingerprint density at radius 3 is 2.79 bits per heavy atom. The molecule has 3 aromatic rings. The van der Waals surface area contributed by atoms with Crippen LogP contribution in [-0.2, 0) is 0 Å². The number of furan rings is 1. The first-order valence-corrected chi connectivity index (χ1v) is 8.54. The van der Waals surface area contributed by atoms with Gasteiger partial charge in [0.1, 0.15) is 5.69 Å². The largest absolute Gasteiger partial charge is 0.462 e. The van der Waals surface area contributed by atoms with Gasteiger partial charge in [0, 0.05) is 11.4 Å². The van der Waals surface area contributed by atoms with Crippen molar-refractivity contribution in [1.82, 2.24) is 10.3 Å². The summed E-state index contributed by atoms with van der Waals surface area (Å²) in [6, 6.07) is 12.8. The lowest BCUT2D eigenvalue weighted by Gasteiger charge is -2.17.